The maximum Gasteiger partial charge on any atom is 0.190 e. The van der Waals surface area contributed by atoms with E-state index in [4.69, 9.17) is 0 Å². The van der Waals surface area contributed by atoms with Crippen molar-refractivity contribution in [3.63, 3.8) is 0 Å². The van der Waals surface area contributed by atoms with Crippen molar-refractivity contribution in [1.29, 1.82) is 0 Å². The number of hydroxylamine groups is 1. The summed E-state index contributed by atoms with van der Waals surface area (Å²) >= 11 is 1.17. The molecule has 0 aliphatic carbocycles. The van der Waals surface area contributed by atoms with E-state index in [0.29, 0.717) is 29.0 Å². The van der Waals surface area contributed by atoms with Crippen LogP contribution in [0.1, 0.15) is 31.5 Å². The predicted octanol–water partition coefficient (Wildman–Crippen LogP) is 3.89. The van der Waals surface area contributed by atoms with Crippen molar-refractivity contribution in [3.8, 4) is 0 Å². The lowest BCUT2D eigenvalue weighted by Crippen LogP contribution is -2.22. The van der Waals surface area contributed by atoms with Gasteiger partial charge in [-0.3, -0.25) is 10.6 Å². The first-order valence-corrected chi connectivity index (χ1v) is 10.0. The Balaban J connectivity index is 2.20. The molecule has 0 fully saturated rings. The standard InChI is InChI=1S/C19H26F2N4O2S/c1-12(2)7-13(10-26)8-15-9-17(24-25(3)27)23-19(22-15)28-11-14-5-4-6-16(20)18(14)21/h4-6,9,12-13,26-27H,7-8,10-11H2,1-3H3,(H,22,23,24). The van der Waals surface area contributed by atoms with E-state index in [2.05, 4.69) is 29.2 Å². The third kappa shape index (κ3) is 6.97. The molecule has 0 saturated carbocycles. The third-order valence-corrected chi connectivity index (χ3v) is 4.88. The van der Waals surface area contributed by atoms with E-state index in [0.717, 1.165) is 17.7 Å². The van der Waals surface area contributed by atoms with Gasteiger partial charge in [-0.2, -0.15) is 0 Å². The molecule has 0 saturated heterocycles. The van der Waals surface area contributed by atoms with Crippen LogP contribution >= 0.6 is 11.8 Å². The largest absolute Gasteiger partial charge is 0.396 e. The second kappa shape index (κ2) is 10.7. The number of anilines is 1. The van der Waals surface area contributed by atoms with Gasteiger partial charge in [0, 0.05) is 36.7 Å². The van der Waals surface area contributed by atoms with Crippen LogP contribution in [0.4, 0.5) is 14.6 Å². The van der Waals surface area contributed by atoms with Gasteiger partial charge in [0.15, 0.2) is 16.8 Å². The van der Waals surface area contributed by atoms with Gasteiger partial charge in [0.25, 0.3) is 0 Å². The lowest BCUT2D eigenvalue weighted by atomic mass is 9.93. The Bertz CT molecular complexity index is 778. The summed E-state index contributed by atoms with van der Waals surface area (Å²) in [5.74, 6) is -0.749. The van der Waals surface area contributed by atoms with Gasteiger partial charge in [0.05, 0.1) is 0 Å². The Hall–Kier alpha value is -1.81. The van der Waals surface area contributed by atoms with Crippen LogP contribution in [-0.4, -0.2) is 39.1 Å². The van der Waals surface area contributed by atoms with E-state index in [9.17, 15) is 19.1 Å². The van der Waals surface area contributed by atoms with Crippen molar-refractivity contribution in [1.82, 2.24) is 15.1 Å². The number of aliphatic hydroxyl groups is 1. The van der Waals surface area contributed by atoms with Crippen molar-refractivity contribution in [2.45, 2.75) is 37.6 Å². The number of benzene rings is 1. The van der Waals surface area contributed by atoms with Gasteiger partial charge >= 0.3 is 0 Å². The van der Waals surface area contributed by atoms with Crippen molar-refractivity contribution >= 4 is 17.6 Å². The quantitative estimate of drug-likeness (QED) is 0.310. The van der Waals surface area contributed by atoms with Crippen LogP contribution in [0, 0.1) is 23.5 Å². The molecule has 28 heavy (non-hydrogen) atoms. The van der Waals surface area contributed by atoms with Crippen molar-refractivity contribution in [3.05, 3.63) is 47.2 Å². The Kier molecular flexibility index (Phi) is 8.56. The first-order valence-electron chi connectivity index (χ1n) is 9.02. The SMILES string of the molecule is CC(C)CC(CO)Cc1cc(NN(C)O)nc(SCc2cccc(F)c2F)n1. The lowest BCUT2D eigenvalue weighted by molar-refractivity contribution is -0.0390. The summed E-state index contributed by atoms with van der Waals surface area (Å²) in [6.07, 6.45) is 1.39. The zero-order valence-corrected chi connectivity index (χ0v) is 17.0. The minimum absolute atomic E-state index is 0.0435. The van der Waals surface area contributed by atoms with Gasteiger partial charge in [-0.05, 0) is 30.7 Å². The molecule has 1 unspecified atom stereocenters. The summed E-state index contributed by atoms with van der Waals surface area (Å²) in [5, 5.41) is 20.2. The highest BCUT2D eigenvalue weighted by Crippen LogP contribution is 2.25. The van der Waals surface area contributed by atoms with Crippen molar-refractivity contribution in [2.24, 2.45) is 11.8 Å². The molecule has 1 aromatic carbocycles. The van der Waals surface area contributed by atoms with Gasteiger partial charge in [0.2, 0.25) is 0 Å². The fourth-order valence-corrected chi connectivity index (χ4v) is 3.70. The average Bonchev–Trinajstić information content (AvgIpc) is 2.61. The Morgan fingerprint density at radius 2 is 2.00 bits per heavy atom. The molecule has 0 aliphatic rings. The Labute approximate surface area is 167 Å². The highest BCUT2D eigenvalue weighted by atomic mass is 32.2. The number of thioether (sulfide) groups is 1. The number of aliphatic hydroxyl groups excluding tert-OH is 1. The molecule has 2 rings (SSSR count). The number of rotatable bonds is 10. The van der Waals surface area contributed by atoms with Crippen LogP contribution in [0.15, 0.2) is 29.4 Å². The Morgan fingerprint density at radius 1 is 1.25 bits per heavy atom. The molecule has 0 radical (unpaired) electrons. The molecule has 1 aromatic heterocycles. The van der Waals surface area contributed by atoms with Crippen LogP contribution in [0.25, 0.3) is 0 Å². The minimum atomic E-state index is -0.892. The number of hydrogen-bond donors (Lipinski definition) is 3. The molecule has 9 heteroatoms. The summed E-state index contributed by atoms with van der Waals surface area (Å²) in [4.78, 5) is 8.78. The van der Waals surface area contributed by atoms with E-state index in [1.165, 1.54) is 30.9 Å². The number of halogens is 2. The van der Waals surface area contributed by atoms with Gasteiger partial charge in [-0.25, -0.2) is 18.7 Å². The Morgan fingerprint density at radius 3 is 2.64 bits per heavy atom. The van der Waals surface area contributed by atoms with Crippen molar-refractivity contribution in [2.75, 3.05) is 19.1 Å². The third-order valence-electron chi connectivity index (χ3n) is 3.98. The summed E-state index contributed by atoms with van der Waals surface area (Å²) in [5.41, 5.74) is 3.58. The molecule has 1 atom stereocenters. The van der Waals surface area contributed by atoms with Gasteiger partial charge < -0.3 is 5.11 Å². The molecule has 1 heterocycles. The topological polar surface area (TPSA) is 81.5 Å². The van der Waals surface area contributed by atoms with Crippen LogP contribution in [0.5, 0.6) is 0 Å². The smallest absolute Gasteiger partial charge is 0.190 e. The highest BCUT2D eigenvalue weighted by molar-refractivity contribution is 7.98. The molecule has 0 bridgehead atoms. The van der Waals surface area contributed by atoms with E-state index in [1.807, 2.05) is 0 Å². The monoisotopic (exact) mass is 412 g/mol. The van der Waals surface area contributed by atoms with Gasteiger partial charge in [-0.15, -0.1) is 5.17 Å². The van der Waals surface area contributed by atoms with Gasteiger partial charge in [-0.1, -0.05) is 37.7 Å². The summed E-state index contributed by atoms with van der Waals surface area (Å²) in [6, 6.07) is 5.74. The zero-order chi connectivity index (χ0) is 20.7. The number of nitrogens with one attached hydrogen (secondary N) is 1. The first kappa shape index (κ1) is 22.5. The second-order valence-electron chi connectivity index (χ2n) is 7.05. The van der Waals surface area contributed by atoms with E-state index in [1.54, 1.807) is 6.07 Å². The molecular formula is C19H26F2N4O2S. The van der Waals surface area contributed by atoms with E-state index < -0.39 is 11.6 Å². The van der Waals surface area contributed by atoms with Crippen LogP contribution in [0.3, 0.4) is 0 Å². The summed E-state index contributed by atoms with van der Waals surface area (Å²) < 4.78 is 27.2. The van der Waals surface area contributed by atoms with Crippen LogP contribution < -0.4 is 5.43 Å². The second-order valence-corrected chi connectivity index (χ2v) is 7.99. The summed E-state index contributed by atoms with van der Waals surface area (Å²) in [6.45, 7) is 4.22. The zero-order valence-electron chi connectivity index (χ0n) is 16.2. The van der Waals surface area contributed by atoms with Crippen LogP contribution in [-0.2, 0) is 12.2 Å². The number of hydrogen-bond acceptors (Lipinski definition) is 7. The molecule has 3 N–H and O–H groups in total. The van der Waals surface area contributed by atoms with E-state index >= 15 is 0 Å². The molecule has 0 spiro atoms. The van der Waals surface area contributed by atoms with Crippen LogP contribution in [0.2, 0.25) is 0 Å². The highest BCUT2D eigenvalue weighted by Gasteiger charge is 2.15. The first-order chi connectivity index (χ1) is 13.3. The molecule has 0 amide bonds. The number of nitrogens with zero attached hydrogens (tertiary/aromatic N) is 3. The molecular weight excluding hydrogens is 386 g/mol. The average molecular weight is 413 g/mol. The fourth-order valence-electron chi connectivity index (χ4n) is 2.85. The fraction of sp³-hybridized carbons (Fsp3) is 0.474. The normalized spacial score (nSPS) is 12.6. The molecule has 2 aromatic rings. The number of hydrazine groups is 1. The summed E-state index contributed by atoms with van der Waals surface area (Å²) in [7, 11) is 1.41. The predicted molar refractivity (Wildman–Crippen MR) is 105 cm³/mol. The molecule has 6 nitrogen and oxygen atoms in total. The molecule has 0 aliphatic heterocycles. The number of aromatic nitrogens is 2. The van der Waals surface area contributed by atoms with Crippen molar-refractivity contribution < 1.29 is 19.1 Å². The molecule has 154 valence electrons. The maximum absolute atomic E-state index is 13.9. The minimum Gasteiger partial charge on any atom is -0.396 e. The maximum atomic E-state index is 13.9. The van der Waals surface area contributed by atoms with Gasteiger partial charge in [0.1, 0.15) is 5.82 Å². The lowest BCUT2D eigenvalue weighted by Gasteiger charge is -2.17. The van der Waals surface area contributed by atoms with E-state index in [-0.39, 0.29) is 23.8 Å².